The predicted molar refractivity (Wildman–Crippen MR) is 52.1 cm³/mol. The van der Waals surface area contributed by atoms with Gasteiger partial charge in [-0.15, -0.1) is 0 Å². The molecule has 3 atom stereocenters. The molecular weight excluding hydrogens is 148 g/mol. The van der Waals surface area contributed by atoms with Crippen molar-refractivity contribution >= 4 is 0 Å². The summed E-state index contributed by atoms with van der Waals surface area (Å²) in [4.78, 5) is 0. The standard InChI is InChI=1S/C11H22O/c1-7(2)10-9(5)6-12-11(10)8(3)4/h7-11H,6H2,1-5H3/t9-,10?,11?/m1/s1. The topological polar surface area (TPSA) is 9.23 Å². The van der Waals surface area contributed by atoms with Crippen LogP contribution in [0.4, 0.5) is 0 Å². The molecule has 0 amide bonds. The predicted octanol–water partition coefficient (Wildman–Crippen LogP) is 2.95. The largest absolute Gasteiger partial charge is 0.377 e. The zero-order valence-corrected chi connectivity index (χ0v) is 9.00. The van der Waals surface area contributed by atoms with E-state index in [0.29, 0.717) is 12.0 Å². The summed E-state index contributed by atoms with van der Waals surface area (Å²) in [6.07, 6.45) is 0.500. The molecule has 1 saturated heterocycles. The minimum absolute atomic E-state index is 0.500. The van der Waals surface area contributed by atoms with Crippen molar-refractivity contribution < 1.29 is 4.74 Å². The zero-order chi connectivity index (χ0) is 9.30. The normalized spacial score (nSPS) is 36.8. The summed E-state index contributed by atoms with van der Waals surface area (Å²) in [6.45, 7) is 12.4. The molecule has 2 unspecified atom stereocenters. The van der Waals surface area contributed by atoms with Crippen LogP contribution in [0.5, 0.6) is 0 Å². The Morgan fingerprint density at radius 1 is 1.08 bits per heavy atom. The summed E-state index contributed by atoms with van der Waals surface area (Å²) in [7, 11) is 0. The highest BCUT2D eigenvalue weighted by molar-refractivity contribution is 4.85. The van der Waals surface area contributed by atoms with Crippen molar-refractivity contribution in [2.75, 3.05) is 6.61 Å². The van der Waals surface area contributed by atoms with Crippen LogP contribution in [0.3, 0.4) is 0 Å². The zero-order valence-electron chi connectivity index (χ0n) is 9.00. The van der Waals surface area contributed by atoms with Gasteiger partial charge < -0.3 is 4.74 Å². The van der Waals surface area contributed by atoms with Gasteiger partial charge in [0.15, 0.2) is 0 Å². The Kier molecular flexibility index (Phi) is 3.16. The van der Waals surface area contributed by atoms with Crippen LogP contribution in [0.25, 0.3) is 0 Å². The lowest BCUT2D eigenvalue weighted by Gasteiger charge is -2.27. The van der Waals surface area contributed by atoms with Gasteiger partial charge in [-0.1, -0.05) is 34.6 Å². The van der Waals surface area contributed by atoms with Gasteiger partial charge in [0.05, 0.1) is 6.10 Å². The first-order valence-electron chi connectivity index (χ1n) is 5.15. The van der Waals surface area contributed by atoms with E-state index >= 15 is 0 Å². The van der Waals surface area contributed by atoms with Crippen molar-refractivity contribution in [3.8, 4) is 0 Å². The molecule has 1 nitrogen and oxygen atoms in total. The van der Waals surface area contributed by atoms with E-state index in [9.17, 15) is 0 Å². The van der Waals surface area contributed by atoms with E-state index in [-0.39, 0.29) is 0 Å². The summed E-state index contributed by atoms with van der Waals surface area (Å²) in [5, 5.41) is 0. The monoisotopic (exact) mass is 170 g/mol. The average Bonchev–Trinajstić information content (AvgIpc) is 2.30. The van der Waals surface area contributed by atoms with Gasteiger partial charge in [0.2, 0.25) is 0 Å². The third kappa shape index (κ3) is 1.82. The molecule has 0 spiro atoms. The maximum Gasteiger partial charge on any atom is 0.0632 e. The second-order valence-electron chi connectivity index (χ2n) is 4.84. The van der Waals surface area contributed by atoms with Gasteiger partial charge in [0.25, 0.3) is 0 Å². The Balaban J connectivity index is 2.64. The van der Waals surface area contributed by atoms with Crippen LogP contribution in [-0.2, 0) is 4.74 Å². The quantitative estimate of drug-likeness (QED) is 0.619. The van der Waals surface area contributed by atoms with E-state index in [0.717, 1.165) is 24.4 Å². The second-order valence-corrected chi connectivity index (χ2v) is 4.84. The Hall–Kier alpha value is -0.0400. The minimum Gasteiger partial charge on any atom is -0.377 e. The van der Waals surface area contributed by atoms with Crippen molar-refractivity contribution in [3.05, 3.63) is 0 Å². The van der Waals surface area contributed by atoms with E-state index in [1.54, 1.807) is 0 Å². The van der Waals surface area contributed by atoms with Crippen LogP contribution in [-0.4, -0.2) is 12.7 Å². The average molecular weight is 170 g/mol. The van der Waals surface area contributed by atoms with Crippen LogP contribution < -0.4 is 0 Å². The molecule has 0 aromatic rings. The van der Waals surface area contributed by atoms with Gasteiger partial charge in [-0.3, -0.25) is 0 Å². The van der Waals surface area contributed by atoms with Crippen LogP contribution in [0.1, 0.15) is 34.6 Å². The first kappa shape index (κ1) is 10.0. The summed E-state index contributed by atoms with van der Waals surface area (Å²) in [5.74, 6) is 2.94. The number of hydrogen-bond donors (Lipinski definition) is 0. The highest BCUT2D eigenvalue weighted by Gasteiger charge is 2.37. The molecule has 0 bridgehead atoms. The molecule has 0 saturated carbocycles. The number of rotatable bonds is 2. The van der Waals surface area contributed by atoms with E-state index < -0.39 is 0 Å². The molecule has 72 valence electrons. The van der Waals surface area contributed by atoms with Crippen LogP contribution in [0.2, 0.25) is 0 Å². The lowest BCUT2D eigenvalue weighted by Crippen LogP contribution is -2.28. The van der Waals surface area contributed by atoms with Crippen molar-refractivity contribution in [2.24, 2.45) is 23.7 Å². The van der Waals surface area contributed by atoms with Crippen molar-refractivity contribution in [3.63, 3.8) is 0 Å². The van der Waals surface area contributed by atoms with Gasteiger partial charge >= 0.3 is 0 Å². The lowest BCUT2D eigenvalue weighted by molar-refractivity contribution is 0.0434. The molecule has 0 aromatic carbocycles. The second kappa shape index (κ2) is 3.78. The van der Waals surface area contributed by atoms with Gasteiger partial charge in [0.1, 0.15) is 0 Å². The smallest absolute Gasteiger partial charge is 0.0632 e. The van der Waals surface area contributed by atoms with Gasteiger partial charge in [-0.05, 0) is 23.7 Å². The van der Waals surface area contributed by atoms with Crippen molar-refractivity contribution in [1.29, 1.82) is 0 Å². The molecule has 0 aliphatic carbocycles. The molecule has 1 heterocycles. The van der Waals surface area contributed by atoms with E-state index in [1.807, 2.05) is 0 Å². The molecule has 12 heavy (non-hydrogen) atoms. The Bertz CT molecular complexity index is 140. The third-order valence-corrected chi connectivity index (χ3v) is 3.01. The van der Waals surface area contributed by atoms with E-state index in [1.165, 1.54) is 0 Å². The molecule has 0 aromatic heterocycles. The molecule has 1 heteroatoms. The lowest BCUT2D eigenvalue weighted by atomic mass is 9.79. The van der Waals surface area contributed by atoms with Gasteiger partial charge in [0, 0.05) is 6.61 Å². The molecule has 1 aliphatic heterocycles. The summed E-state index contributed by atoms with van der Waals surface area (Å²) < 4.78 is 5.80. The highest BCUT2D eigenvalue weighted by atomic mass is 16.5. The van der Waals surface area contributed by atoms with Gasteiger partial charge in [-0.25, -0.2) is 0 Å². The first-order chi connectivity index (χ1) is 5.54. The summed E-state index contributed by atoms with van der Waals surface area (Å²) in [6, 6.07) is 0. The Morgan fingerprint density at radius 3 is 2.00 bits per heavy atom. The number of ether oxygens (including phenoxy) is 1. The van der Waals surface area contributed by atoms with Gasteiger partial charge in [-0.2, -0.15) is 0 Å². The molecular formula is C11H22O. The molecule has 1 rings (SSSR count). The van der Waals surface area contributed by atoms with E-state index in [2.05, 4.69) is 34.6 Å². The molecule has 1 aliphatic rings. The maximum atomic E-state index is 5.80. The maximum absolute atomic E-state index is 5.80. The van der Waals surface area contributed by atoms with E-state index in [4.69, 9.17) is 4.74 Å². The SMILES string of the molecule is CC(C)C1OC[C@@H](C)C1C(C)C. The third-order valence-electron chi connectivity index (χ3n) is 3.01. The Morgan fingerprint density at radius 2 is 1.67 bits per heavy atom. The fourth-order valence-corrected chi connectivity index (χ4v) is 2.48. The van der Waals surface area contributed by atoms with Crippen LogP contribution >= 0.6 is 0 Å². The fraction of sp³-hybridized carbons (Fsp3) is 1.00. The Labute approximate surface area is 76.5 Å². The molecule has 0 radical (unpaired) electrons. The fourth-order valence-electron chi connectivity index (χ4n) is 2.48. The highest BCUT2D eigenvalue weighted by Crippen LogP contribution is 2.36. The minimum atomic E-state index is 0.500. The first-order valence-corrected chi connectivity index (χ1v) is 5.15. The van der Waals surface area contributed by atoms with Crippen molar-refractivity contribution in [1.82, 2.24) is 0 Å². The summed E-state index contributed by atoms with van der Waals surface area (Å²) in [5.41, 5.74) is 0. The van der Waals surface area contributed by atoms with Crippen LogP contribution in [0.15, 0.2) is 0 Å². The number of hydrogen-bond acceptors (Lipinski definition) is 1. The molecule has 0 N–H and O–H groups in total. The summed E-state index contributed by atoms with van der Waals surface area (Å²) >= 11 is 0. The van der Waals surface area contributed by atoms with Crippen molar-refractivity contribution in [2.45, 2.75) is 40.7 Å². The molecule has 1 fully saturated rings. The van der Waals surface area contributed by atoms with Crippen LogP contribution in [0, 0.1) is 23.7 Å².